The largest absolute Gasteiger partial charge is 0.444 e. The van der Waals surface area contributed by atoms with E-state index in [4.69, 9.17) is 4.74 Å². The minimum atomic E-state index is -0.520. The fourth-order valence-electron chi connectivity index (χ4n) is 2.43. The molecule has 1 saturated heterocycles. The Kier molecular flexibility index (Phi) is 5.33. The zero-order valence-electron chi connectivity index (χ0n) is 13.9. The van der Waals surface area contributed by atoms with E-state index in [9.17, 15) is 9.59 Å². The molecule has 1 atom stereocenters. The summed E-state index contributed by atoms with van der Waals surface area (Å²) in [4.78, 5) is 26.1. The number of piperidine rings is 1. The van der Waals surface area contributed by atoms with E-state index in [-0.39, 0.29) is 18.0 Å². The molecule has 1 aromatic heterocycles. The van der Waals surface area contributed by atoms with Crippen LogP contribution in [0.2, 0.25) is 0 Å². The molecular weight excluding hydrogens is 364 g/mol. The molecule has 23 heavy (non-hydrogen) atoms. The van der Waals surface area contributed by atoms with Crippen molar-refractivity contribution in [2.24, 2.45) is 7.05 Å². The van der Waals surface area contributed by atoms with E-state index in [0.717, 1.165) is 12.8 Å². The smallest absolute Gasteiger partial charge is 0.410 e. The molecule has 2 rings (SSSR count). The predicted octanol–water partition coefficient (Wildman–Crippen LogP) is 2.31. The van der Waals surface area contributed by atoms with Gasteiger partial charge < -0.3 is 15.0 Å². The first kappa shape index (κ1) is 17.8. The van der Waals surface area contributed by atoms with Gasteiger partial charge in [0.2, 0.25) is 0 Å². The van der Waals surface area contributed by atoms with Crippen molar-refractivity contribution in [3.8, 4) is 0 Å². The molecule has 0 saturated carbocycles. The predicted molar refractivity (Wildman–Crippen MR) is 89.2 cm³/mol. The summed E-state index contributed by atoms with van der Waals surface area (Å²) in [6, 6.07) is -0.0872. The lowest BCUT2D eigenvalue weighted by Crippen LogP contribution is -2.50. The topological polar surface area (TPSA) is 76.5 Å². The maximum absolute atomic E-state index is 12.3. The number of hydrogen-bond acceptors (Lipinski definition) is 4. The number of aryl methyl sites for hydroxylation is 1. The number of amides is 2. The average Bonchev–Trinajstić information content (AvgIpc) is 2.77. The molecule has 1 N–H and O–H groups in total. The van der Waals surface area contributed by atoms with Crippen LogP contribution in [0.5, 0.6) is 0 Å². The second-order valence-corrected chi connectivity index (χ2v) is 7.46. The Morgan fingerprint density at radius 3 is 2.70 bits per heavy atom. The molecule has 0 aliphatic carbocycles. The van der Waals surface area contributed by atoms with Crippen molar-refractivity contribution in [2.75, 3.05) is 13.1 Å². The van der Waals surface area contributed by atoms with E-state index in [1.807, 2.05) is 20.8 Å². The summed E-state index contributed by atoms with van der Waals surface area (Å²) < 4.78 is 7.61. The van der Waals surface area contributed by atoms with Crippen molar-refractivity contribution in [1.82, 2.24) is 20.0 Å². The third-order valence-electron chi connectivity index (χ3n) is 3.52. The molecule has 2 amide bonds. The number of rotatable bonds is 2. The maximum Gasteiger partial charge on any atom is 0.410 e. The van der Waals surface area contributed by atoms with E-state index < -0.39 is 5.60 Å². The Labute approximate surface area is 144 Å². The number of nitrogens with zero attached hydrogens (tertiary/aromatic N) is 3. The highest BCUT2D eigenvalue weighted by molar-refractivity contribution is 9.10. The van der Waals surface area contributed by atoms with Crippen molar-refractivity contribution in [3.05, 3.63) is 16.4 Å². The molecule has 0 spiro atoms. The SMILES string of the molecule is Cn1ncc(C(=O)NC2CCCN(C(=O)OC(C)(C)C)C2)c1Br. The normalized spacial score (nSPS) is 18.7. The van der Waals surface area contributed by atoms with Gasteiger partial charge in [-0.25, -0.2) is 4.79 Å². The summed E-state index contributed by atoms with van der Waals surface area (Å²) in [5.41, 5.74) is -0.0321. The molecule has 8 heteroatoms. The van der Waals surface area contributed by atoms with Crippen molar-refractivity contribution in [2.45, 2.75) is 45.3 Å². The molecule has 0 radical (unpaired) electrons. The van der Waals surface area contributed by atoms with Gasteiger partial charge in [0.25, 0.3) is 5.91 Å². The van der Waals surface area contributed by atoms with Crippen LogP contribution in [0.3, 0.4) is 0 Å². The van der Waals surface area contributed by atoms with Gasteiger partial charge in [0.15, 0.2) is 0 Å². The minimum Gasteiger partial charge on any atom is -0.444 e. The van der Waals surface area contributed by atoms with Gasteiger partial charge in [-0.05, 0) is 49.5 Å². The summed E-state index contributed by atoms with van der Waals surface area (Å²) >= 11 is 3.34. The van der Waals surface area contributed by atoms with Crippen LogP contribution in [0, 0.1) is 0 Å². The molecule has 0 bridgehead atoms. The van der Waals surface area contributed by atoms with Gasteiger partial charge in [-0.1, -0.05) is 0 Å². The van der Waals surface area contributed by atoms with Crippen LogP contribution in [0.15, 0.2) is 10.8 Å². The lowest BCUT2D eigenvalue weighted by atomic mass is 10.1. The molecular formula is C15H23BrN4O3. The zero-order valence-corrected chi connectivity index (χ0v) is 15.5. The lowest BCUT2D eigenvalue weighted by Gasteiger charge is -2.34. The van der Waals surface area contributed by atoms with Crippen LogP contribution in [0.25, 0.3) is 0 Å². The molecule has 7 nitrogen and oxygen atoms in total. The maximum atomic E-state index is 12.3. The zero-order chi connectivity index (χ0) is 17.2. The second-order valence-electron chi connectivity index (χ2n) is 6.71. The van der Waals surface area contributed by atoms with Gasteiger partial charge in [-0.15, -0.1) is 0 Å². The van der Waals surface area contributed by atoms with Crippen molar-refractivity contribution < 1.29 is 14.3 Å². The number of ether oxygens (including phenoxy) is 1. The summed E-state index contributed by atoms with van der Waals surface area (Å²) in [6.07, 6.45) is 2.86. The molecule has 1 aliphatic heterocycles. The Morgan fingerprint density at radius 1 is 1.43 bits per heavy atom. The summed E-state index contributed by atoms with van der Waals surface area (Å²) in [7, 11) is 1.76. The number of carbonyl (C=O) groups is 2. The van der Waals surface area contributed by atoms with Crippen LogP contribution in [-0.4, -0.2) is 51.4 Å². The summed E-state index contributed by atoms with van der Waals surface area (Å²) in [5.74, 6) is -0.194. The Morgan fingerprint density at radius 2 is 2.13 bits per heavy atom. The van der Waals surface area contributed by atoms with Crippen molar-refractivity contribution in [1.29, 1.82) is 0 Å². The molecule has 2 heterocycles. The van der Waals surface area contributed by atoms with E-state index in [1.165, 1.54) is 6.20 Å². The first-order chi connectivity index (χ1) is 10.7. The number of halogens is 1. The fraction of sp³-hybridized carbons (Fsp3) is 0.667. The molecule has 1 aromatic rings. The number of likely N-dealkylation sites (tertiary alicyclic amines) is 1. The number of carbonyl (C=O) groups excluding carboxylic acids is 2. The Hall–Kier alpha value is -1.57. The van der Waals surface area contributed by atoms with Gasteiger partial charge in [0.05, 0.1) is 11.8 Å². The van der Waals surface area contributed by atoms with E-state index in [0.29, 0.717) is 23.3 Å². The van der Waals surface area contributed by atoms with E-state index in [2.05, 4.69) is 26.3 Å². The van der Waals surface area contributed by atoms with Crippen LogP contribution in [-0.2, 0) is 11.8 Å². The molecule has 1 unspecified atom stereocenters. The fourth-order valence-corrected chi connectivity index (χ4v) is 2.80. The third-order valence-corrected chi connectivity index (χ3v) is 4.46. The lowest BCUT2D eigenvalue weighted by molar-refractivity contribution is 0.0185. The highest BCUT2D eigenvalue weighted by Crippen LogP contribution is 2.18. The minimum absolute atomic E-state index is 0.0872. The van der Waals surface area contributed by atoms with Crippen molar-refractivity contribution in [3.63, 3.8) is 0 Å². The highest BCUT2D eigenvalue weighted by atomic mass is 79.9. The third kappa shape index (κ3) is 4.70. The standard InChI is InChI=1S/C15H23BrN4O3/c1-15(2,3)23-14(22)20-7-5-6-10(9-20)18-13(21)11-8-17-19(4)12(11)16/h8,10H,5-7,9H2,1-4H3,(H,18,21). The van der Waals surface area contributed by atoms with Crippen LogP contribution in [0.4, 0.5) is 4.79 Å². The van der Waals surface area contributed by atoms with Crippen LogP contribution >= 0.6 is 15.9 Å². The summed E-state index contributed by atoms with van der Waals surface area (Å²) in [5, 5.41) is 7.00. The van der Waals surface area contributed by atoms with Gasteiger partial charge in [-0.3, -0.25) is 9.48 Å². The first-order valence-corrected chi connectivity index (χ1v) is 8.43. The van der Waals surface area contributed by atoms with Crippen molar-refractivity contribution >= 4 is 27.9 Å². The van der Waals surface area contributed by atoms with Gasteiger partial charge in [0.1, 0.15) is 10.2 Å². The monoisotopic (exact) mass is 386 g/mol. The van der Waals surface area contributed by atoms with Gasteiger partial charge in [0, 0.05) is 26.2 Å². The summed E-state index contributed by atoms with van der Waals surface area (Å²) in [6.45, 7) is 6.63. The highest BCUT2D eigenvalue weighted by Gasteiger charge is 2.29. The molecule has 1 aliphatic rings. The first-order valence-electron chi connectivity index (χ1n) is 7.63. The quantitative estimate of drug-likeness (QED) is 0.845. The molecule has 1 fully saturated rings. The average molecular weight is 387 g/mol. The number of nitrogens with one attached hydrogen (secondary N) is 1. The van der Waals surface area contributed by atoms with E-state index >= 15 is 0 Å². The second kappa shape index (κ2) is 6.90. The van der Waals surface area contributed by atoms with Crippen LogP contribution < -0.4 is 5.32 Å². The Bertz CT molecular complexity index is 594. The number of hydrogen-bond donors (Lipinski definition) is 1. The number of aromatic nitrogens is 2. The van der Waals surface area contributed by atoms with Crippen LogP contribution in [0.1, 0.15) is 44.0 Å². The molecule has 128 valence electrons. The van der Waals surface area contributed by atoms with Gasteiger partial charge in [-0.2, -0.15) is 5.10 Å². The van der Waals surface area contributed by atoms with E-state index in [1.54, 1.807) is 16.6 Å². The molecule has 0 aromatic carbocycles. The van der Waals surface area contributed by atoms with Gasteiger partial charge >= 0.3 is 6.09 Å². The Balaban J connectivity index is 1.95.